The number of nitrogens with zero attached hydrogens (tertiary/aromatic N) is 3. The Morgan fingerprint density at radius 1 is 1.50 bits per heavy atom. The van der Waals surface area contributed by atoms with Gasteiger partial charge in [0, 0.05) is 6.20 Å². The normalized spacial score (nSPS) is 16.4. The molecule has 3 rings (SSSR count). The van der Waals surface area contributed by atoms with E-state index in [4.69, 9.17) is 17.3 Å². The van der Waals surface area contributed by atoms with Crippen molar-refractivity contribution in [3.8, 4) is 0 Å². The van der Waals surface area contributed by atoms with Gasteiger partial charge in [-0.2, -0.15) is 4.98 Å². The minimum atomic E-state index is 0.188. The van der Waals surface area contributed by atoms with Crippen molar-refractivity contribution < 1.29 is 0 Å². The number of hydrogen-bond donors (Lipinski definition) is 1. The molecule has 2 aromatic rings. The molecule has 4 nitrogen and oxygen atoms in total. The van der Waals surface area contributed by atoms with Crippen LogP contribution in [0.3, 0.4) is 0 Å². The third-order valence-corrected chi connectivity index (χ3v) is 2.70. The average molecular weight is 209 g/mol. The lowest BCUT2D eigenvalue weighted by Crippen LogP contribution is -1.99. The Kier molecular flexibility index (Phi) is 1.50. The Hall–Kier alpha value is -1.29. The molecule has 0 aromatic carbocycles. The highest BCUT2D eigenvalue weighted by atomic mass is 35.5. The van der Waals surface area contributed by atoms with Gasteiger partial charge in [0.05, 0.1) is 0 Å². The van der Waals surface area contributed by atoms with Crippen molar-refractivity contribution in [2.45, 2.75) is 18.8 Å². The summed E-state index contributed by atoms with van der Waals surface area (Å²) in [4.78, 5) is 3.91. The van der Waals surface area contributed by atoms with Crippen molar-refractivity contribution >= 4 is 22.9 Å². The summed E-state index contributed by atoms with van der Waals surface area (Å²) in [6.45, 7) is 0. The zero-order valence-corrected chi connectivity index (χ0v) is 8.20. The lowest BCUT2D eigenvalue weighted by molar-refractivity contribution is 0.901. The van der Waals surface area contributed by atoms with Gasteiger partial charge >= 0.3 is 0 Å². The van der Waals surface area contributed by atoms with E-state index in [1.54, 1.807) is 4.52 Å². The van der Waals surface area contributed by atoms with Gasteiger partial charge in [-0.1, -0.05) is 0 Å². The third-order valence-electron chi connectivity index (χ3n) is 2.54. The van der Waals surface area contributed by atoms with Crippen molar-refractivity contribution in [1.29, 1.82) is 0 Å². The number of fused-ring (bicyclic) bond motifs is 1. The predicted molar refractivity (Wildman–Crippen MR) is 54.4 cm³/mol. The van der Waals surface area contributed by atoms with Crippen LogP contribution < -0.4 is 5.73 Å². The topological polar surface area (TPSA) is 56.2 Å². The molecule has 5 heteroatoms. The summed E-state index contributed by atoms with van der Waals surface area (Å²) >= 11 is 5.71. The van der Waals surface area contributed by atoms with E-state index in [9.17, 15) is 0 Å². The first-order valence-electron chi connectivity index (χ1n) is 4.55. The molecule has 0 amide bonds. The Balaban J connectivity index is 2.26. The van der Waals surface area contributed by atoms with Crippen LogP contribution in [0, 0.1) is 0 Å². The molecule has 72 valence electrons. The van der Waals surface area contributed by atoms with Crippen LogP contribution in [-0.2, 0) is 0 Å². The first-order chi connectivity index (χ1) is 6.74. The van der Waals surface area contributed by atoms with Crippen LogP contribution in [0.15, 0.2) is 12.3 Å². The van der Waals surface area contributed by atoms with Gasteiger partial charge in [-0.3, -0.25) is 0 Å². The monoisotopic (exact) mass is 208 g/mol. The van der Waals surface area contributed by atoms with Crippen molar-refractivity contribution in [3.63, 3.8) is 0 Å². The highest BCUT2D eigenvalue weighted by Gasteiger charge is 2.25. The number of nitrogens with two attached hydrogens (primary N) is 1. The van der Waals surface area contributed by atoms with Gasteiger partial charge in [-0.15, -0.1) is 5.10 Å². The second kappa shape index (κ2) is 2.60. The summed E-state index contributed by atoms with van der Waals surface area (Å²) in [6, 6.07) is 2.04. The number of hydrogen-bond acceptors (Lipinski definition) is 3. The van der Waals surface area contributed by atoms with Crippen LogP contribution in [0.5, 0.6) is 0 Å². The van der Waals surface area contributed by atoms with Crippen LogP contribution in [-0.4, -0.2) is 14.6 Å². The molecule has 0 aliphatic heterocycles. The van der Waals surface area contributed by atoms with Gasteiger partial charge in [0.25, 0.3) is 0 Å². The van der Waals surface area contributed by atoms with Crippen molar-refractivity contribution in [3.05, 3.63) is 23.1 Å². The Morgan fingerprint density at radius 3 is 3.00 bits per heavy atom. The second-order valence-corrected chi connectivity index (χ2v) is 3.98. The molecule has 0 bridgehead atoms. The summed E-state index contributed by atoms with van der Waals surface area (Å²) in [5.74, 6) is 1.13. The molecule has 2 N–H and O–H groups in total. The van der Waals surface area contributed by atoms with Crippen molar-refractivity contribution in [1.82, 2.24) is 14.6 Å². The summed E-state index contributed by atoms with van der Waals surface area (Å²) in [5.41, 5.74) is 7.86. The van der Waals surface area contributed by atoms with E-state index in [0.717, 1.165) is 5.52 Å². The summed E-state index contributed by atoms with van der Waals surface area (Å²) in [5, 5.41) is 4.25. The molecule has 1 aliphatic carbocycles. The minimum absolute atomic E-state index is 0.188. The van der Waals surface area contributed by atoms with Crippen LogP contribution in [0.4, 0.5) is 5.82 Å². The maximum absolute atomic E-state index is 5.73. The van der Waals surface area contributed by atoms with E-state index in [1.807, 2.05) is 12.3 Å². The van der Waals surface area contributed by atoms with Gasteiger partial charge in [-0.05, 0) is 42.0 Å². The van der Waals surface area contributed by atoms with Crippen LogP contribution in [0.25, 0.3) is 5.52 Å². The first-order valence-corrected chi connectivity index (χ1v) is 4.93. The molecular weight excluding hydrogens is 200 g/mol. The highest BCUT2D eigenvalue weighted by Crippen LogP contribution is 2.41. The molecule has 0 atom stereocenters. The van der Waals surface area contributed by atoms with Gasteiger partial charge in [-0.25, -0.2) is 4.52 Å². The van der Waals surface area contributed by atoms with E-state index in [-0.39, 0.29) is 5.28 Å². The average Bonchev–Trinajstić information content (AvgIpc) is 2.87. The van der Waals surface area contributed by atoms with Crippen LogP contribution >= 0.6 is 11.6 Å². The van der Waals surface area contributed by atoms with Gasteiger partial charge in [0.2, 0.25) is 5.28 Å². The van der Waals surface area contributed by atoms with Gasteiger partial charge < -0.3 is 5.73 Å². The quantitative estimate of drug-likeness (QED) is 0.778. The highest BCUT2D eigenvalue weighted by molar-refractivity contribution is 6.28. The molecule has 2 aromatic heterocycles. The third kappa shape index (κ3) is 1.14. The van der Waals surface area contributed by atoms with E-state index < -0.39 is 0 Å². The summed E-state index contributed by atoms with van der Waals surface area (Å²) in [7, 11) is 0. The SMILES string of the molecule is Nc1nc(Cl)nn2cc(C3CC3)cc12. The molecule has 1 aliphatic rings. The number of nitrogen functional groups attached to an aromatic ring is 1. The molecule has 14 heavy (non-hydrogen) atoms. The molecule has 0 unspecified atom stereocenters. The van der Waals surface area contributed by atoms with Crippen LogP contribution in [0.1, 0.15) is 24.3 Å². The fourth-order valence-corrected chi connectivity index (χ4v) is 1.83. The molecule has 0 spiro atoms. The zero-order valence-electron chi connectivity index (χ0n) is 7.44. The van der Waals surface area contributed by atoms with Crippen molar-refractivity contribution in [2.75, 3.05) is 5.73 Å². The Morgan fingerprint density at radius 2 is 2.29 bits per heavy atom. The lowest BCUT2D eigenvalue weighted by Gasteiger charge is -1.96. The smallest absolute Gasteiger partial charge is 0.243 e. The van der Waals surface area contributed by atoms with E-state index in [1.165, 1.54) is 18.4 Å². The fourth-order valence-electron chi connectivity index (χ4n) is 1.65. The fraction of sp³-hybridized carbons (Fsp3) is 0.333. The Bertz CT molecular complexity index is 501. The number of halogens is 1. The van der Waals surface area contributed by atoms with E-state index >= 15 is 0 Å². The first kappa shape index (κ1) is 8.05. The summed E-state index contributed by atoms with van der Waals surface area (Å²) < 4.78 is 1.71. The molecule has 1 saturated carbocycles. The molecule has 1 fully saturated rings. The maximum Gasteiger partial charge on any atom is 0.243 e. The van der Waals surface area contributed by atoms with E-state index in [0.29, 0.717) is 11.7 Å². The molecule has 0 saturated heterocycles. The van der Waals surface area contributed by atoms with Crippen molar-refractivity contribution in [2.24, 2.45) is 0 Å². The van der Waals surface area contributed by atoms with E-state index in [2.05, 4.69) is 10.1 Å². The number of rotatable bonds is 1. The molecule has 2 heterocycles. The predicted octanol–water partition coefficient (Wildman–Crippen LogP) is 1.84. The lowest BCUT2D eigenvalue weighted by atomic mass is 10.2. The molecule has 0 radical (unpaired) electrons. The number of anilines is 1. The second-order valence-electron chi connectivity index (χ2n) is 3.64. The number of aromatic nitrogens is 3. The largest absolute Gasteiger partial charge is 0.382 e. The minimum Gasteiger partial charge on any atom is -0.382 e. The van der Waals surface area contributed by atoms with Crippen LogP contribution in [0.2, 0.25) is 5.28 Å². The zero-order chi connectivity index (χ0) is 9.71. The van der Waals surface area contributed by atoms with Gasteiger partial charge in [0.1, 0.15) is 5.52 Å². The van der Waals surface area contributed by atoms with Gasteiger partial charge in [0.15, 0.2) is 5.82 Å². The summed E-state index contributed by atoms with van der Waals surface area (Å²) in [6.07, 6.45) is 4.51. The molecular formula is C9H9ClN4. The Labute approximate surface area is 85.7 Å². The maximum atomic E-state index is 5.73. The standard InChI is InChI=1S/C9H9ClN4/c10-9-12-8(11)7-3-6(5-1-2-5)4-14(7)13-9/h3-5H,1-2H2,(H2,11,12,13).